The fraction of sp³-hybridized carbons (Fsp3) is 0.600. The van der Waals surface area contributed by atoms with Gasteiger partial charge in [0, 0.05) is 45.2 Å². The summed E-state index contributed by atoms with van der Waals surface area (Å²) in [5, 5.41) is 3.36. The summed E-state index contributed by atoms with van der Waals surface area (Å²) in [7, 11) is 0. The van der Waals surface area contributed by atoms with Gasteiger partial charge in [-0.25, -0.2) is 4.79 Å². The molecule has 2 amide bonds. The number of ether oxygens (including phenoxy) is 1. The lowest BCUT2D eigenvalue weighted by atomic mass is 9.93. The lowest BCUT2D eigenvalue weighted by molar-refractivity contribution is -0.133. The van der Waals surface area contributed by atoms with Crippen LogP contribution in [0.2, 0.25) is 0 Å². The van der Waals surface area contributed by atoms with Crippen molar-refractivity contribution in [3.8, 4) is 0 Å². The van der Waals surface area contributed by atoms with E-state index in [9.17, 15) is 9.59 Å². The Morgan fingerprint density at radius 2 is 1.85 bits per heavy atom. The van der Waals surface area contributed by atoms with Crippen LogP contribution in [-0.4, -0.2) is 60.6 Å². The molecule has 0 radical (unpaired) electrons. The molecule has 142 valence electrons. The summed E-state index contributed by atoms with van der Waals surface area (Å²) < 4.78 is 5.40. The zero-order chi connectivity index (χ0) is 18.4. The SMILES string of the molecule is C[C@H]1CN(C(=O)CC2CCN(C(=O)OCc3ccccc3)CC2)CCN1. The number of carbonyl (C=O) groups excluding carboxylic acids is 2. The summed E-state index contributed by atoms with van der Waals surface area (Å²) in [6.45, 7) is 6.22. The predicted molar refractivity (Wildman–Crippen MR) is 99.6 cm³/mol. The van der Waals surface area contributed by atoms with Crippen molar-refractivity contribution < 1.29 is 14.3 Å². The molecule has 0 saturated carbocycles. The van der Waals surface area contributed by atoms with E-state index in [-0.39, 0.29) is 12.0 Å². The van der Waals surface area contributed by atoms with Gasteiger partial charge in [-0.15, -0.1) is 0 Å². The molecule has 1 atom stereocenters. The Morgan fingerprint density at radius 1 is 1.12 bits per heavy atom. The largest absolute Gasteiger partial charge is 0.445 e. The third kappa shape index (κ3) is 5.21. The minimum absolute atomic E-state index is 0.253. The second-order valence-electron chi connectivity index (χ2n) is 7.37. The predicted octanol–water partition coefficient (Wildman–Crippen LogP) is 2.25. The van der Waals surface area contributed by atoms with Crippen molar-refractivity contribution >= 4 is 12.0 Å². The van der Waals surface area contributed by atoms with E-state index in [1.54, 1.807) is 4.90 Å². The Morgan fingerprint density at radius 3 is 2.54 bits per heavy atom. The van der Waals surface area contributed by atoms with E-state index >= 15 is 0 Å². The molecule has 2 fully saturated rings. The molecule has 0 spiro atoms. The van der Waals surface area contributed by atoms with Gasteiger partial charge in [0.25, 0.3) is 0 Å². The molecule has 6 nitrogen and oxygen atoms in total. The number of hydrogen-bond acceptors (Lipinski definition) is 4. The highest BCUT2D eigenvalue weighted by Crippen LogP contribution is 2.22. The highest BCUT2D eigenvalue weighted by molar-refractivity contribution is 5.76. The van der Waals surface area contributed by atoms with Crippen LogP contribution < -0.4 is 5.32 Å². The maximum absolute atomic E-state index is 12.5. The molecular weight excluding hydrogens is 330 g/mol. The van der Waals surface area contributed by atoms with Crippen molar-refractivity contribution in [1.29, 1.82) is 0 Å². The van der Waals surface area contributed by atoms with Crippen LogP contribution in [0.25, 0.3) is 0 Å². The third-order valence-corrected chi connectivity index (χ3v) is 5.26. The number of amides is 2. The normalized spacial score (nSPS) is 21.5. The van der Waals surface area contributed by atoms with E-state index in [1.807, 2.05) is 35.2 Å². The summed E-state index contributed by atoms with van der Waals surface area (Å²) in [6.07, 6.45) is 2.08. The van der Waals surface area contributed by atoms with Crippen molar-refractivity contribution in [3.05, 3.63) is 35.9 Å². The number of benzene rings is 1. The van der Waals surface area contributed by atoms with Gasteiger partial charge in [0.1, 0.15) is 6.61 Å². The van der Waals surface area contributed by atoms with Crippen molar-refractivity contribution in [3.63, 3.8) is 0 Å². The van der Waals surface area contributed by atoms with E-state index < -0.39 is 0 Å². The highest BCUT2D eigenvalue weighted by Gasteiger charge is 2.28. The first-order valence-electron chi connectivity index (χ1n) is 9.58. The number of carbonyl (C=O) groups is 2. The molecule has 2 saturated heterocycles. The molecule has 0 aromatic heterocycles. The quantitative estimate of drug-likeness (QED) is 0.896. The van der Waals surface area contributed by atoms with Crippen LogP contribution >= 0.6 is 0 Å². The highest BCUT2D eigenvalue weighted by atomic mass is 16.6. The first-order valence-corrected chi connectivity index (χ1v) is 9.58. The maximum Gasteiger partial charge on any atom is 0.410 e. The molecular formula is C20H29N3O3. The average molecular weight is 359 g/mol. The number of piperidine rings is 1. The lowest BCUT2D eigenvalue weighted by Crippen LogP contribution is -2.51. The summed E-state index contributed by atoms with van der Waals surface area (Å²) in [6, 6.07) is 10.1. The lowest BCUT2D eigenvalue weighted by Gasteiger charge is -2.35. The topological polar surface area (TPSA) is 61.9 Å². The van der Waals surface area contributed by atoms with Gasteiger partial charge in [-0.1, -0.05) is 30.3 Å². The van der Waals surface area contributed by atoms with Gasteiger partial charge in [0.2, 0.25) is 5.91 Å². The molecule has 0 bridgehead atoms. The van der Waals surface area contributed by atoms with E-state index in [0.717, 1.165) is 38.0 Å². The van der Waals surface area contributed by atoms with Crippen LogP contribution in [0, 0.1) is 5.92 Å². The fourth-order valence-corrected chi connectivity index (χ4v) is 3.67. The van der Waals surface area contributed by atoms with Crippen molar-refractivity contribution in [2.45, 2.75) is 38.8 Å². The summed E-state index contributed by atoms with van der Waals surface area (Å²) in [4.78, 5) is 28.4. The van der Waals surface area contributed by atoms with Gasteiger partial charge in [-0.05, 0) is 31.2 Å². The summed E-state index contributed by atoms with van der Waals surface area (Å²) >= 11 is 0. The van der Waals surface area contributed by atoms with Gasteiger partial charge in [0.15, 0.2) is 0 Å². The minimum Gasteiger partial charge on any atom is -0.445 e. The molecule has 1 aromatic carbocycles. The molecule has 26 heavy (non-hydrogen) atoms. The van der Waals surface area contributed by atoms with Crippen LogP contribution in [0.1, 0.15) is 31.7 Å². The molecule has 2 aliphatic heterocycles. The zero-order valence-electron chi connectivity index (χ0n) is 15.5. The third-order valence-electron chi connectivity index (χ3n) is 5.26. The van der Waals surface area contributed by atoms with Crippen molar-refractivity contribution in [2.24, 2.45) is 5.92 Å². The molecule has 3 rings (SSSR count). The van der Waals surface area contributed by atoms with Crippen LogP contribution in [0.5, 0.6) is 0 Å². The molecule has 0 unspecified atom stereocenters. The molecule has 1 aromatic rings. The summed E-state index contributed by atoms with van der Waals surface area (Å²) in [5.41, 5.74) is 0.992. The Kier molecular flexibility index (Phi) is 6.50. The Balaban J connectivity index is 1.38. The number of rotatable bonds is 4. The fourth-order valence-electron chi connectivity index (χ4n) is 3.67. The van der Waals surface area contributed by atoms with Gasteiger partial charge >= 0.3 is 6.09 Å². The number of nitrogens with zero attached hydrogens (tertiary/aromatic N) is 2. The number of likely N-dealkylation sites (tertiary alicyclic amines) is 1. The van der Waals surface area contributed by atoms with Crippen molar-refractivity contribution in [2.75, 3.05) is 32.7 Å². The molecule has 2 aliphatic rings. The Labute approximate surface area is 155 Å². The van der Waals surface area contributed by atoms with Gasteiger partial charge in [0.05, 0.1) is 0 Å². The van der Waals surface area contributed by atoms with E-state index in [2.05, 4.69) is 12.2 Å². The first-order chi connectivity index (χ1) is 12.6. The Hall–Kier alpha value is -2.08. The molecule has 0 aliphatic carbocycles. The first kappa shape index (κ1) is 18.7. The second kappa shape index (κ2) is 9.03. The van der Waals surface area contributed by atoms with E-state index in [1.165, 1.54) is 0 Å². The Bertz CT molecular complexity index is 600. The number of nitrogens with one attached hydrogen (secondary N) is 1. The smallest absolute Gasteiger partial charge is 0.410 e. The van der Waals surface area contributed by atoms with Crippen LogP contribution in [0.3, 0.4) is 0 Å². The van der Waals surface area contributed by atoms with Crippen LogP contribution in [0.15, 0.2) is 30.3 Å². The number of hydrogen-bond donors (Lipinski definition) is 1. The zero-order valence-corrected chi connectivity index (χ0v) is 15.5. The maximum atomic E-state index is 12.5. The second-order valence-corrected chi connectivity index (χ2v) is 7.37. The van der Waals surface area contributed by atoms with Crippen molar-refractivity contribution in [1.82, 2.24) is 15.1 Å². The monoisotopic (exact) mass is 359 g/mol. The van der Waals surface area contributed by atoms with Crippen LogP contribution in [-0.2, 0) is 16.1 Å². The average Bonchev–Trinajstić information content (AvgIpc) is 2.67. The minimum atomic E-state index is -0.255. The van der Waals surface area contributed by atoms with Gasteiger partial charge in [-0.2, -0.15) is 0 Å². The van der Waals surface area contributed by atoms with Crippen LogP contribution in [0.4, 0.5) is 4.79 Å². The van der Waals surface area contributed by atoms with Gasteiger partial charge in [-0.3, -0.25) is 4.79 Å². The van der Waals surface area contributed by atoms with E-state index in [0.29, 0.717) is 38.1 Å². The number of piperazine rings is 1. The summed E-state index contributed by atoms with van der Waals surface area (Å²) in [5.74, 6) is 0.620. The molecule has 2 heterocycles. The standard InChI is InChI=1S/C20H29N3O3/c1-16-14-23(12-9-21-16)19(24)13-17-7-10-22(11-8-17)20(25)26-15-18-5-3-2-4-6-18/h2-6,16-17,21H,7-15H2,1H3/t16-/m0/s1. The molecule has 6 heteroatoms. The van der Waals surface area contributed by atoms with Gasteiger partial charge < -0.3 is 19.9 Å². The van der Waals surface area contributed by atoms with E-state index in [4.69, 9.17) is 4.74 Å². The molecule has 1 N–H and O–H groups in total.